The number of rotatable bonds is 6. The van der Waals surface area contributed by atoms with E-state index in [0.29, 0.717) is 34.8 Å². The minimum atomic E-state index is -0.816. The predicted molar refractivity (Wildman–Crippen MR) is 138 cm³/mol. The molecule has 35 heavy (non-hydrogen) atoms. The number of anilines is 1. The minimum Gasteiger partial charge on any atom is -0.493 e. The predicted octanol–water partition coefficient (Wildman–Crippen LogP) is 6.04. The van der Waals surface area contributed by atoms with Crippen LogP contribution in [0.15, 0.2) is 65.8 Å². The van der Waals surface area contributed by atoms with E-state index in [-0.39, 0.29) is 5.91 Å². The summed E-state index contributed by atoms with van der Waals surface area (Å²) in [7, 11) is 0. The standard InChI is InChI=1S/C27H26N4O3S/c1-4-16-33-22-15-14-18-10-6-7-11-19(18)23(22)26-31(17(3)32)21-13-9-8-12-20(21)24-25(34-26)28-27(30-29-24)35-5-2/h6-15,26H,4-5,16H2,1-3H3/t26-/m1/s1. The second-order valence-electron chi connectivity index (χ2n) is 8.10. The van der Waals surface area contributed by atoms with Crippen LogP contribution < -0.4 is 14.4 Å². The number of fused-ring (bicyclic) bond motifs is 4. The fraction of sp³-hybridized carbons (Fsp3) is 0.259. The third kappa shape index (κ3) is 4.30. The highest BCUT2D eigenvalue weighted by atomic mass is 32.2. The zero-order valence-corrected chi connectivity index (χ0v) is 20.7. The first-order valence-electron chi connectivity index (χ1n) is 11.7. The number of aromatic nitrogens is 3. The molecule has 0 N–H and O–H groups in total. The zero-order valence-electron chi connectivity index (χ0n) is 19.9. The molecular weight excluding hydrogens is 460 g/mol. The number of amides is 1. The molecule has 1 amide bonds. The highest BCUT2D eigenvalue weighted by Gasteiger charge is 2.37. The number of hydrogen-bond donors (Lipinski definition) is 0. The van der Waals surface area contributed by atoms with Crippen LogP contribution in [0.3, 0.4) is 0 Å². The van der Waals surface area contributed by atoms with Crippen LogP contribution in [0, 0.1) is 0 Å². The molecule has 1 aliphatic heterocycles. The van der Waals surface area contributed by atoms with Crippen molar-refractivity contribution < 1.29 is 14.3 Å². The van der Waals surface area contributed by atoms with Crippen LogP contribution in [0.2, 0.25) is 0 Å². The SMILES string of the molecule is CCCOc1ccc2ccccc2c1[C@H]1Oc2nc(SCC)nnc2-c2ccccc2N1C(C)=O. The topological polar surface area (TPSA) is 77.4 Å². The first kappa shape index (κ1) is 23.1. The van der Waals surface area contributed by atoms with E-state index in [2.05, 4.69) is 17.1 Å². The number of benzene rings is 3. The summed E-state index contributed by atoms with van der Waals surface area (Å²) in [5.41, 5.74) is 2.71. The van der Waals surface area contributed by atoms with Crippen LogP contribution in [0.25, 0.3) is 22.0 Å². The number of thioether (sulfide) groups is 1. The quantitative estimate of drug-likeness (QED) is 0.308. The van der Waals surface area contributed by atoms with Gasteiger partial charge in [0, 0.05) is 12.5 Å². The lowest BCUT2D eigenvalue weighted by Gasteiger charge is -2.31. The minimum absolute atomic E-state index is 0.166. The van der Waals surface area contributed by atoms with E-state index in [4.69, 9.17) is 14.5 Å². The molecule has 0 radical (unpaired) electrons. The Morgan fingerprint density at radius 1 is 1.06 bits per heavy atom. The average Bonchev–Trinajstić information content (AvgIpc) is 3.01. The lowest BCUT2D eigenvalue weighted by Crippen LogP contribution is -2.36. The van der Waals surface area contributed by atoms with E-state index in [1.54, 1.807) is 4.90 Å². The third-order valence-corrected chi connectivity index (χ3v) is 6.48. The first-order valence-corrected chi connectivity index (χ1v) is 12.7. The number of carbonyl (C=O) groups is 1. The van der Waals surface area contributed by atoms with E-state index in [9.17, 15) is 4.79 Å². The maximum Gasteiger partial charge on any atom is 0.247 e. The Morgan fingerprint density at radius 3 is 2.66 bits per heavy atom. The molecule has 4 aromatic rings. The van der Waals surface area contributed by atoms with E-state index >= 15 is 0 Å². The molecular formula is C27H26N4O3S. The summed E-state index contributed by atoms with van der Waals surface area (Å²) in [4.78, 5) is 19.6. The molecule has 1 atom stereocenters. The summed E-state index contributed by atoms with van der Waals surface area (Å²) in [6.07, 6.45) is 0.0401. The number of para-hydroxylation sites is 1. The Bertz CT molecular complexity index is 1390. The van der Waals surface area contributed by atoms with Crippen LogP contribution in [-0.2, 0) is 4.79 Å². The molecule has 0 fully saturated rings. The molecule has 0 saturated carbocycles. The highest BCUT2D eigenvalue weighted by molar-refractivity contribution is 7.99. The number of hydrogen-bond acceptors (Lipinski definition) is 7. The number of nitrogens with zero attached hydrogens (tertiary/aromatic N) is 4. The second kappa shape index (κ2) is 9.92. The molecule has 0 spiro atoms. The summed E-state index contributed by atoms with van der Waals surface area (Å²) in [6, 6.07) is 19.6. The summed E-state index contributed by atoms with van der Waals surface area (Å²) in [5.74, 6) is 1.65. The van der Waals surface area contributed by atoms with Crippen molar-refractivity contribution in [3.05, 3.63) is 66.2 Å². The molecule has 0 aliphatic carbocycles. The van der Waals surface area contributed by atoms with Crippen LogP contribution in [-0.4, -0.2) is 33.4 Å². The Labute approximate surface area is 208 Å². The first-order chi connectivity index (χ1) is 17.1. The van der Waals surface area contributed by atoms with Crippen molar-refractivity contribution in [2.24, 2.45) is 0 Å². The molecule has 7 nitrogen and oxygen atoms in total. The summed E-state index contributed by atoms with van der Waals surface area (Å²) in [5, 5.41) is 11.3. The molecule has 1 aromatic heterocycles. The van der Waals surface area contributed by atoms with Crippen LogP contribution >= 0.6 is 11.8 Å². The van der Waals surface area contributed by atoms with E-state index in [0.717, 1.165) is 34.1 Å². The maximum atomic E-state index is 13.2. The van der Waals surface area contributed by atoms with E-state index < -0.39 is 6.23 Å². The lowest BCUT2D eigenvalue weighted by atomic mass is 10.0. The van der Waals surface area contributed by atoms with Crippen LogP contribution in [0.5, 0.6) is 11.6 Å². The van der Waals surface area contributed by atoms with E-state index in [1.165, 1.54) is 18.7 Å². The van der Waals surface area contributed by atoms with Crippen LogP contribution in [0.1, 0.15) is 39.0 Å². The maximum absolute atomic E-state index is 13.2. The van der Waals surface area contributed by atoms with Crippen molar-refractivity contribution in [1.82, 2.24) is 15.2 Å². The van der Waals surface area contributed by atoms with Gasteiger partial charge in [-0.25, -0.2) is 0 Å². The van der Waals surface area contributed by atoms with Crippen molar-refractivity contribution in [2.45, 2.75) is 38.6 Å². The molecule has 8 heteroatoms. The Hall–Kier alpha value is -3.65. The molecule has 0 saturated heterocycles. The highest BCUT2D eigenvalue weighted by Crippen LogP contribution is 2.46. The monoisotopic (exact) mass is 486 g/mol. The average molecular weight is 487 g/mol. The Kier molecular flexibility index (Phi) is 6.55. The molecule has 0 unspecified atom stereocenters. The molecule has 0 bridgehead atoms. The van der Waals surface area contributed by atoms with Crippen molar-refractivity contribution >= 4 is 34.1 Å². The normalized spacial score (nSPS) is 14.6. The van der Waals surface area contributed by atoms with Gasteiger partial charge < -0.3 is 9.47 Å². The van der Waals surface area contributed by atoms with Gasteiger partial charge in [0.05, 0.1) is 17.9 Å². The molecule has 1 aliphatic rings. The summed E-state index contributed by atoms with van der Waals surface area (Å²) < 4.78 is 12.8. The molecule has 5 rings (SSSR count). The fourth-order valence-electron chi connectivity index (χ4n) is 4.30. The second-order valence-corrected chi connectivity index (χ2v) is 9.34. The summed E-state index contributed by atoms with van der Waals surface area (Å²) in [6.45, 7) is 6.18. The van der Waals surface area contributed by atoms with Gasteiger partial charge >= 0.3 is 0 Å². The van der Waals surface area contributed by atoms with Gasteiger partial charge in [-0.15, -0.1) is 10.2 Å². The summed E-state index contributed by atoms with van der Waals surface area (Å²) >= 11 is 1.49. The number of carbonyl (C=O) groups excluding carboxylic acids is 1. The van der Waals surface area contributed by atoms with Crippen molar-refractivity contribution in [3.63, 3.8) is 0 Å². The Balaban J connectivity index is 1.80. The van der Waals surface area contributed by atoms with Crippen LogP contribution in [0.4, 0.5) is 5.69 Å². The molecule has 2 heterocycles. The van der Waals surface area contributed by atoms with Gasteiger partial charge in [0.15, 0.2) is 5.69 Å². The van der Waals surface area contributed by atoms with Gasteiger partial charge in [-0.3, -0.25) is 9.69 Å². The van der Waals surface area contributed by atoms with Gasteiger partial charge in [0.2, 0.25) is 23.2 Å². The fourth-order valence-corrected chi connectivity index (χ4v) is 4.80. The number of ether oxygens (including phenoxy) is 2. The lowest BCUT2D eigenvalue weighted by molar-refractivity contribution is -0.118. The van der Waals surface area contributed by atoms with E-state index in [1.807, 2.05) is 67.6 Å². The van der Waals surface area contributed by atoms with Gasteiger partial charge in [-0.05, 0) is 35.1 Å². The smallest absolute Gasteiger partial charge is 0.247 e. The zero-order chi connectivity index (χ0) is 24.4. The molecule has 178 valence electrons. The van der Waals surface area contributed by atoms with Crippen molar-refractivity contribution in [1.29, 1.82) is 0 Å². The third-order valence-electron chi connectivity index (χ3n) is 5.76. The Morgan fingerprint density at radius 2 is 1.86 bits per heavy atom. The van der Waals surface area contributed by atoms with Gasteiger partial charge in [-0.1, -0.05) is 74.1 Å². The van der Waals surface area contributed by atoms with Gasteiger partial charge in [0.1, 0.15) is 5.75 Å². The van der Waals surface area contributed by atoms with Gasteiger partial charge in [-0.2, -0.15) is 4.98 Å². The molecule has 3 aromatic carbocycles. The van der Waals surface area contributed by atoms with Gasteiger partial charge in [0.25, 0.3) is 0 Å². The van der Waals surface area contributed by atoms with Crippen molar-refractivity contribution in [2.75, 3.05) is 17.3 Å². The largest absolute Gasteiger partial charge is 0.493 e. The van der Waals surface area contributed by atoms with Crippen molar-refractivity contribution in [3.8, 4) is 22.9 Å².